The van der Waals surface area contributed by atoms with Crippen LogP contribution in [0.25, 0.3) is 0 Å². The summed E-state index contributed by atoms with van der Waals surface area (Å²) < 4.78 is 0.647. The second-order valence-electron chi connectivity index (χ2n) is 4.90. The Morgan fingerprint density at radius 2 is 2.18 bits per heavy atom. The molecule has 17 heavy (non-hydrogen) atoms. The second kappa shape index (κ2) is 5.84. The van der Waals surface area contributed by atoms with E-state index in [0.29, 0.717) is 9.39 Å². The summed E-state index contributed by atoms with van der Waals surface area (Å²) in [6.07, 6.45) is 6.68. The molecule has 0 amide bonds. The zero-order valence-electron chi connectivity index (χ0n) is 10.0. The Labute approximate surface area is 115 Å². The Morgan fingerprint density at radius 3 is 2.88 bits per heavy atom. The van der Waals surface area contributed by atoms with Crippen molar-refractivity contribution in [1.29, 1.82) is 0 Å². The fourth-order valence-electron chi connectivity index (χ4n) is 2.28. The van der Waals surface area contributed by atoms with E-state index in [-0.39, 0.29) is 5.56 Å². The van der Waals surface area contributed by atoms with E-state index in [9.17, 15) is 4.79 Å². The van der Waals surface area contributed by atoms with Gasteiger partial charge in [0.25, 0.3) is 5.56 Å². The first-order chi connectivity index (χ1) is 8.16. The van der Waals surface area contributed by atoms with Gasteiger partial charge in [-0.25, -0.2) is 4.98 Å². The molecule has 0 spiro atoms. The fourth-order valence-corrected chi connectivity index (χ4v) is 2.77. The maximum absolute atomic E-state index is 11.4. The SMILES string of the molecule is CC1CCC(CNc2nc[nH]c(=O)c2I)CC1. The van der Waals surface area contributed by atoms with Gasteiger partial charge in [-0.1, -0.05) is 19.8 Å². The molecule has 0 unspecified atom stereocenters. The maximum Gasteiger partial charge on any atom is 0.266 e. The molecule has 5 heteroatoms. The predicted octanol–water partition coefficient (Wildman–Crippen LogP) is 2.61. The van der Waals surface area contributed by atoms with Crippen molar-refractivity contribution in [2.24, 2.45) is 11.8 Å². The molecule has 1 aromatic rings. The van der Waals surface area contributed by atoms with Gasteiger partial charge in [-0.15, -0.1) is 0 Å². The van der Waals surface area contributed by atoms with Crippen LogP contribution in [0, 0.1) is 15.4 Å². The highest BCUT2D eigenvalue weighted by molar-refractivity contribution is 14.1. The first kappa shape index (κ1) is 12.9. The summed E-state index contributed by atoms with van der Waals surface area (Å²) in [6.45, 7) is 3.25. The highest BCUT2D eigenvalue weighted by atomic mass is 127. The van der Waals surface area contributed by atoms with Crippen LogP contribution in [0.2, 0.25) is 0 Å². The van der Waals surface area contributed by atoms with Crippen LogP contribution in [0.5, 0.6) is 0 Å². The third-order valence-corrected chi connectivity index (χ3v) is 4.49. The average molecular weight is 347 g/mol. The minimum Gasteiger partial charge on any atom is -0.369 e. The first-order valence-corrected chi connectivity index (χ1v) is 7.21. The van der Waals surface area contributed by atoms with E-state index in [0.717, 1.165) is 18.4 Å². The summed E-state index contributed by atoms with van der Waals surface area (Å²) in [7, 11) is 0. The molecule has 94 valence electrons. The van der Waals surface area contributed by atoms with Gasteiger partial charge in [0.2, 0.25) is 0 Å². The number of aromatic amines is 1. The van der Waals surface area contributed by atoms with Gasteiger partial charge in [-0.2, -0.15) is 0 Å². The summed E-state index contributed by atoms with van der Waals surface area (Å²) in [5.41, 5.74) is -0.0691. The van der Waals surface area contributed by atoms with E-state index in [1.165, 1.54) is 32.0 Å². The molecule has 1 aliphatic carbocycles. The summed E-state index contributed by atoms with van der Waals surface area (Å²) >= 11 is 2.03. The van der Waals surface area contributed by atoms with Crippen LogP contribution in [-0.2, 0) is 0 Å². The lowest BCUT2D eigenvalue weighted by atomic mass is 9.83. The molecule has 0 radical (unpaired) electrons. The Balaban J connectivity index is 1.90. The van der Waals surface area contributed by atoms with Crippen LogP contribution in [0.1, 0.15) is 32.6 Å². The van der Waals surface area contributed by atoms with Crippen molar-refractivity contribution < 1.29 is 0 Å². The molecule has 2 N–H and O–H groups in total. The molecule has 4 nitrogen and oxygen atoms in total. The fraction of sp³-hybridized carbons (Fsp3) is 0.667. The molecular weight excluding hydrogens is 329 g/mol. The lowest BCUT2D eigenvalue weighted by Crippen LogP contribution is -2.22. The van der Waals surface area contributed by atoms with Crippen molar-refractivity contribution in [3.05, 3.63) is 20.3 Å². The highest BCUT2D eigenvalue weighted by Gasteiger charge is 2.18. The van der Waals surface area contributed by atoms with Crippen molar-refractivity contribution in [1.82, 2.24) is 9.97 Å². The lowest BCUT2D eigenvalue weighted by Gasteiger charge is -2.26. The van der Waals surface area contributed by atoms with Gasteiger partial charge in [-0.3, -0.25) is 4.79 Å². The van der Waals surface area contributed by atoms with Crippen LogP contribution >= 0.6 is 22.6 Å². The highest BCUT2D eigenvalue weighted by Crippen LogP contribution is 2.28. The van der Waals surface area contributed by atoms with Crippen LogP contribution in [0.4, 0.5) is 5.82 Å². The topological polar surface area (TPSA) is 57.8 Å². The molecule has 1 heterocycles. The minimum atomic E-state index is -0.0691. The Morgan fingerprint density at radius 1 is 1.47 bits per heavy atom. The zero-order chi connectivity index (χ0) is 12.3. The van der Waals surface area contributed by atoms with Crippen molar-refractivity contribution in [3.8, 4) is 0 Å². The van der Waals surface area contributed by atoms with Gasteiger partial charge in [0.15, 0.2) is 0 Å². The molecule has 0 bridgehead atoms. The molecule has 0 aromatic carbocycles. The number of aromatic nitrogens is 2. The zero-order valence-corrected chi connectivity index (χ0v) is 12.2. The minimum absolute atomic E-state index is 0.0691. The third-order valence-electron chi connectivity index (χ3n) is 3.49. The summed E-state index contributed by atoms with van der Waals surface area (Å²) in [4.78, 5) is 18.1. The van der Waals surface area contributed by atoms with E-state index in [1.807, 2.05) is 22.6 Å². The quantitative estimate of drug-likeness (QED) is 0.827. The van der Waals surface area contributed by atoms with E-state index in [2.05, 4.69) is 22.2 Å². The molecule has 2 rings (SSSR count). The Hall–Kier alpha value is -0.590. The number of hydrogen-bond donors (Lipinski definition) is 2. The van der Waals surface area contributed by atoms with Crippen molar-refractivity contribution in [2.45, 2.75) is 32.6 Å². The number of nitrogens with one attached hydrogen (secondary N) is 2. The summed E-state index contributed by atoms with van der Waals surface area (Å²) in [6, 6.07) is 0. The monoisotopic (exact) mass is 347 g/mol. The van der Waals surface area contributed by atoms with Crippen LogP contribution in [0.15, 0.2) is 11.1 Å². The number of anilines is 1. The van der Waals surface area contributed by atoms with E-state index < -0.39 is 0 Å². The third kappa shape index (κ3) is 3.43. The van der Waals surface area contributed by atoms with Gasteiger partial charge in [0.05, 0.1) is 6.33 Å². The van der Waals surface area contributed by atoms with Gasteiger partial charge >= 0.3 is 0 Å². The van der Waals surface area contributed by atoms with E-state index in [1.54, 1.807) is 0 Å². The largest absolute Gasteiger partial charge is 0.369 e. The van der Waals surface area contributed by atoms with Crippen molar-refractivity contribution in [2.75, 3.05) is 11.9 Å². The summed E-state index contributed by atoms with van der Waals surface area (Å²) in [5, 5.41) is 3.30. The molecule has 0 atom stereocenters. The number of H-pyrrole nitrogens is 1. The molecular formula is C12H18IN3O. The Bertz CT molecular complexity index is 424. The standard InChI is InChI=1S/C12H18IN3O/c1-8-2-4-9(5-3-8)6-14-11-10(13)12(17)16-7-15-11/h7-9H,2-6H2,1H3,(H2,14,15,16,17). The normalized spacial score (nSPS) is 24.6. The molecule has 1 aliphatic rings. The van der Waals surface area contributed by atoms with Crippen molar-refractivity contribution in [3.63, 3.8) is 0 Å². The lowest BCUT2D eigenvalue weighted by molar-refractivity contribution is 0.300. The number of hydrogen-bond acceptors (Lipinski definition) is 3. The molecule has 1 aromatic heterocycles. The average Bonchev–Trinajstić information content (AvgIpc) is 2.33. The van der Waals surface area contributed by atoms with Crippen molar-refractivity contribution >= 4 is 28.4 Å². The predicted molar refractivity (Wildman–Crippen MR) is 77.2 cm³/mol. The van der Waals surface area contributed by atoms with Crippen LogP contribution < -0.4 is 10.9 Å². The van der Waals surface area contributed by atoms with Gasteiger partial charge in [-0.05, 0) is 47.3 Å². The molecule has 0 saturated heterocycles. The van der Waals surface area contributed by atoms with Crippen LogP contribution in [0.3, 0.4) is 0 Å². The van der Waals surface area contributed by atoms with E-state index >= 15 is 0 Å². The van der Waals surface area contributed by atoms with Gasteiger partial charge in [0.1, 0.15) is 9.39 Å². The summed E-state index contributed by atoms with van der Waals surface area (Å²) in [5.74, 6) is 2.32. The number of halogens is 1. The molecule has 1 fully saturated rings. The van der Waals surface area contributed by atoms with Crippen LogP contribution in [-0.4, -0.2) is 16.5 Å². The Kier molecular flexibility index (Phi) is 4.42. The first-order valence-electron chi connectivity index (χ1n) is 6.14. The van der Waals surface area contributed by atoms with E-state index in [4.69, 9.17) is 0 Å². The molecule has 0 aliphatic heterocycles. The second-order valence-corrected chi connectivity index (χ2v) is 5.98. The maximum atomic E-state index is 11.4. The number of nitrogens with zero attached hydrogens (tertiary/aromatic N) is 1. The molecule has 1 saturated carbocycles. The smallest absolute Gasteiger partial charge is 0.266 e. The van der Waals surface area contributed by atoms with Gasteiger partial charge in [0, 0.05) is 6.54 Å². The van der Waals surface area contributed by atoms with Gasteiger partial charge < -0.3 is 10.3 Å². The number of rotatable bonds is 3.